The van der Waals surface area contributed by atoms with Gasteiger partial charge in [-0.15, -0.1) is 0 Å². The second kappa shape index (κ2) is 5.91. The molecule has 1 saturated heterocycles. The molecule has 0 amide bonds. The van der Waals surface area contributed by atoms with Crippen molar-refractivity contribution in [2.45, 2.75) is 19.0 Å². The van der Waals surface area contributed by atoms with Crippen LogP contribution in [0.15, 0.2) is 18.2 Å². The van der Waals surface area contributed by atoms with Gasteiger partial charge in [-0.3, -0.25) is 9.69 Å². The van der Waals surface area contributed by atoms with Crippen molar-refractivity contribution in [3.8, 4) is 11.5 Å². The lowest BCUT2D eigenvalue weighted by Crippen LogP contribution is -2.56. The summed E-state index contributed by atoms with van der Waals surface area (Å²) in [4.78, 5) is 14.3. The van der Waals surface area contributed by atoms with E-state index in [0.717, 1.165) is 18.7 Å². The number of esters is 1. The van der Waals surface area contributed by atoms with E-state index in [1.165, 1.54) is 0 Å². The molecule has 1 aromatic rings. The standard InChI is InChI=1S/C15H20N2O4/c1-2-20-15(19)12-8-16-5-6-17(12)13-9-21-14-7-10(18)3-4-11(13)14/h3-4,7,12-13,16,18H,2,5-6,8-9H2,1H3. The molecule has 6 nitrogen and oxygen atoms in total. The van der Waals surface area contributed by atoms with Gasteiger partial charge < -0.3 is 19.9 Å². The average molecular weight is 292 g/mol. The number of piperazine rings is 1. The van der Waals surface area contributed by atoms with Crippen LogP contribution in [-0.2, 0) is 9.53 Å². The largest absolute Gasteiger partial charge is 0.508 e. The van der Waals surface area contributed by atoms with Gasteiger partial charge in [-0.05, 0) is 19.1 Å². The zero-order valence-corrected chi connectivity index (χ0v) is 12.0. The lowest BCUT2D eigenvalue weighted by atomic mass is 10.0. The topological polar surface area (TPSA) is 71.0 Å². The van der Waals surface area contributed by atoms with E-state index in [2.05, 4.69) is 10.2 Å². The zero-order chi connectivity index (χ0) is 14.8. The maximum Gasteiger partial charge on any atom is 0.324 e. The Labute approximate surface area is 123 Å². The number of carbonyl (C=O) groups excluding carboxylic acids is 1. The lowest BCUT2D eigenvalue weighted by Gasteiger charge is -2.38. The van der Waals surface area contributed by atoms with Crippen LogP contribution in [0.1, 0.15) is 18.5 Å². The third-order valence-electron chi connectivity index (χ3n) is 4.00. The summed E-state index contributed by atoms with van der Waals surface area (Å²) in [6.07, 6.45) is 0. The van der Waals surface area contributed by atoms with Crippen LogP contribution in [0.25, 0.3) is 0 Å². The molecule has 2 atom stereocenters. The Morgan fingerprint density at radius 3 is 3.24 bits per heavy atom. The van der Waals surface area contributed by atoms with E-state index in [9.17, 15) is 9.90 Å². The minimum absolute atomic E-state index is 0.0251. The van der Waals surface area contributed by atoms with Crippen molar-refractivity contribution < 1.29 is 19.4 Å². The van der Waals surface area contributed by atoms with Crippen molar-refractivity contribution in [2.75, 3.05) is 32.8 Å². The fourth-order valence-corrected chi connectivity index (χ4v) is 3.01. The van der Waals surface area contributed by atoms with Gasteiger partial charge in [0.15, 0.2) is 0 Å². The minimum atomic E-state index is -0.299. The normalized spacial score (nSPS) is 25.2. The van der Waals surface area contributed by atoms with Crippen molar-refractivity contribution >= 4 is 5.97 Å². The van der Waals surface area contributed by atoms with E-state index in [1.807, 2.05) is 13.0 Å². The number of fused-ring (bicyclic) bond motifs is 1. The Hall–Kier alpha value is -1.79. The molecule has 2 heterocycles. The predicted molar refractivity (Wildman–Crippen MR) is 76.3 cm³/mol. The molecule has 2 unspecified atom stereocenters. The summed E-state index contributed by atoms with van der Waals surface area (Å²) in [5.41, 5.74) is 1.02. The number of rotatable bonds is 3. The first-order valence-corrected chi connectivity index (χ1v) is 7.29. The average Bonchev–Trinajstić information content (AvgIpc) is 2.90. The molecule has 114 valence electrons. The highest BCUT2D eigenvalue weighted by molar-refractivity contribution is 5.76. The highest BCUT2D eigenvalue weighted by atomic mass is 16.5. The van der Waals surface area contributed by atoms with Gasteiger partial charge in [0.2, 0.25) is 0 Å². The van der Waals surface area contributed by atoms with Crippen LogP contribution in [0.2, 0.25) is 0 Å². The maximum atomic E-state index is 12.1. The number of aromatic hydroxyl groups is 1. The van der Waals surface area contributed by atoms with Gasteiger partial charge in [0.05, 0.1) is 12.6 Å². The molecular formula is C15H20N2O4. The van der Waals surface area contributed by atoms with Gasteiger partial charge in [0.25, 0.3) is 0 Å². The number of nitrogens with one attached hydrogen (secondary N) is 1. The fraction of sp³-hybridized carbons (Fsp3) is 0.533. The Morgan fingerprint density at radius 2 is 2.43 bits per heavy atom. The predicted octanol–water partition coefficient (Wildman–Crippen LogP) is 0.663. The second-order valence-electron chi connectivity index (χ2n) is 5.26. The summed E-state index contributed by atoms with van der Waals surface area (Å²) < 4.78 is 10.8. The zero-order valence-electron chi connectivity index (χ0n) is 12.0. The highest BCUT2D eigenvalue weighted by Gasteiger charge is 2.38. The molecule has 0 bridgehead atoms. The SMILES string of the molecule is CCOC(=O)C1CNCCN1C1COc2cc(O)ccc21. The molecule has 2 aliphatic rings. The second-order valence-corrected chi connectivity index (χ2v) is 5.26. The van der Waals surface area contributed by atoms with Gasteiger partial charge in [0, 0.05) is 31.3 Å². The van der Waals surface area contributed by atoms with Gasteiger partial charge in [-0.2, -0.15) is 0 Å². The number of ether oxygens (including phenoxy) is 2. The molecule has 3 rings (SSSR count). The van der Waals surface area contributed by atoms with E-state index in [-0.39, 0.29) is 23.8 Å². The maximum absolute atomic E-state index is 12.1. The molecule has 0 radical (unpaired) electrons. The molecule has 2 N–H and O–H groups in total. The van der Waals surface area contributed by atoms with E-state index in [0.29, 0.717) is 25.5 Å². The minimum Gasteiger partial charge on any atom is -0.508 e. The molecular weight excluding hydrogens is 272 g/mol. The smallest absolute Gasteiger partial charge is 0.324 e. The van der Waals surface area contributed by atoms with Crippen LogP contribution >= 0.6 is 0 Å². The fourth-order valence-electron chi connectivity index (χ4n) is 3.01. The van der Waals surface area contributed by atoms with Crippen LogP contribution in [-0.4, -0.2) is 54.9 Å². The Kier molecular flexibility index (Phi) is 3.98. The number of phenols is 1. The van der Waals surface area contributed by atoms with Crippen molar-refractivity contribution in [3.63, 3.8) is 0 Å². The molecule has 1 aromatic carbocycles. The molecule has 6 heteroatoms. The van der Waals surface area contributed by atoms with Crippen LogP contribution < -0.4 is 10.1 Å². The number of benzene rings is 1. The van der Waals surface area contributed by atoms with Crippen LogP contribution in [0.4, 0.5) is 0 Å². The summed E-state index contributed by atoms with van der Waals surface area (Å²) in [6.45, 7) is 4.87. The van der Waals surface area contributed by atoms with E-state index in [4.69, 9.17) is 9.47 Å². The van der Waals surface area contributed by atoms with Gasteiger partial charge >= 0.3 is 5.97 Å². The van der Waals surface area contributed by atoms with Crippen LogP contribution in [0, 0.1) is 0 Å². The highest BCUT2D eigenvalue weighted by Crippen LogP contribution is 2.39. The number of nitrogens with zero attached hydrogens (tertiary/aromatic N) is 1. The Morgan fingerprint density at radius 1 is 1.57 bits per heavy atom. The molecule has 2 aliphatic heterocycles. The molecule has 0 aromatic heterocycles. The third kappa shape index (κ3) is 2.69. The van der Waals surface area contributed by atoms with E-state index < -0.39 is 0 Å². The van der Waals surface area contributed by atoms with Crippen LogP contribution in [0.5, 0.6) is 11.5 Å². The molecule has 1 fully saturated rings. The molecule has 0 saturated carbocycles. The van der Waals surface area contributed by atoms with Crippen molar-refractivity contribution in [2.24, 2.45) is 0 Å². The van der Waals surface area contributed by atoms with E-state index >= 15 is 0 Å². The van der Waals surface area contributed by atoms with Gasteiger partial charge in [-0.1, -0.05) is 0 Å². The van der Waals surface area contributed by atoms with Crippen LogP contribution in [0.3, 0.4) is 0 Å². The van der Waals surface area contributed by atoms with Gasteiger partial charge in [-0.25, -0.2) is 0 Å². The van der Waals surface area contributed by atoms with E-state index in [1.54, 1.807) is 12.1 Å². The number of phenolic OH excluding ortho intramolecular Hbond substituents is 1. The molecule has 21 heavy (non-hydrogen) atoms. The lowest BCUT2D eigenvalue weighted by molar-refractivity contribution is -0.151. The monoisotopic (exact) mass is 292 g/mol. The number of hydrogen-bond acceptors (Lipinski definition) is 6. The van der Waals surface area contributed by atoms with Crippen molar-refractivity contribution in [1.29, 1.82) is 0 Å². The first-order chi connectivity index (χ1) is 10.2. The summed E-state index contributed by atoms with van der Waals surface area (Å²) >= 11 is 0. The molecule has 0 spiro atoms. The first-order valence-electron chi connectivity index (χ1n) is 7.29. The summed E-state index contributed by atoms with van der Waals surface area (Å²) in [7, 11) is 0. The van der Waals surface area contributed by atoms with Gasteiger partial charge in [0.1, 0.15) is 24.1 Å². The van der Waals surface area contributed by atoms with Crippen molar-refractivity contribution in [1.82, 2.24) is 10.2 Å². The quantitative estimate of drug-likeness (QED) is 0.798. The Bertz CT molecular complexity index is 534. The Balaban J connectivity index is 1.84. The van der Waals surface area contributed by atoms with Crippen molar-refractivity contribution in [3.05, 3.63) is 23.8 Å². The summed E-state index contributed by atoms with van der Waals surface area (Å²) in [6, 6.07) is 4.87. The summed E-state index contributed by atoms with van der Waals surface area (Å²) in [5.74, 6) is 0.690. The third-order valence-corrected chi connectivity index (χ3v) is 4.00. The summed E-state index contributed by atoms with van der Waals surface area (Å²) in [5, 5.41) is 12.8. The number of hydrogen-bond donors (Lipinski definition) is 2. The first kappa shape index (κ1) is 14.2. The molecule has 0 aliphatic carbocycles. The number of carbonyl (C=O) groups is 1.